The minimum absolute atomic E-state index is 0. The number of aliphatic hydroxyl groups is 1. The first-order valence-corrected chi connectivity index (χ1v) is 27.6. The second-order valence-electron chi connectivity index (χ2n) is 18.1. The number of ether oxygens (including phenoxy) is 4. The molecule has 4 amide bonds. The van der Waals surface area contributed by atoms with Crippen LogP contribution in [0.15, 0.2) is 0 Å². The summed E-state index contributed by atoms with van der Waals surface area (Å²) in [4.78, 5) is 116. The molecular formula is C52H97N5O18S. The molecule has 0 unspecified atom stereocenters. The SMILES string of the molecule is C.CC(=O)[C@H](C)N.CC[C@@H](CSCC(=O)NCCNC(=O)COCCOCCNC(=O)COCCOCCCC(=O)CC[C@H](NC(=O)CCCCCCCCCCCCCCC(=O)O)C(=O)O)C(=O)C[C@@H](CO)C(=O)O.[HH]. The maximum Gasteiger partial charge on any atom is 0.326 e. The number of unbranched alkanes of at least 4 members (excludes halogenated alkanes) is 11. The first kappa shape index (κ1) is 75.6. The van der Waals surface area contributed by atoms with Crippen LogP contribution in [0.1, 0.15) is 158 Å². The molecule has 0 aromatic carbocycles. The van der Waals surface area contributed by atoms with E-state index in [2.05, 4.69) is 21.3 Å². The molecule has 0 saturated carbocycles. The van der Waals surface area contributed by atoms with Gasteiger partial charge in [-0.05, 0) is 46.0 Å². The quantitative estimate of drug-likeness (QED) is 0.0390. The van der Waals surface area contributed by atoms with Crippen LogP contribution >= 0.6 is 11.8 Å². The summed E-state index contributed by atoms with van der Waals surface area (Å²) in [5.74, 6) is -5.95. The van der Waals surface area contributed by atoms with Gasteiger partial charge in [0.05, 0.1) is 57.4 Å². The van der Waals surface area contributed by atoms with Crippen molar-refractivity contribution in [1.29, 1.82) is 0 Å². The van der Waals surface area contributed by atoms with Gasteiger partial charge in [0.15, 0.2) is 0 Å². The average molecular weight is 1110 g/mol. The largest absolute Gasteiger partial charge is 0.481 e. The number of hydrogen-bond donors (Lipinski definition) is 9. The molecule has 23 nitrogen and oxygen atoms in total. The van der Waals surface area contributed by atoms with E-state index < -0.39 is 42.4 Å². The number of aliphatic carboxylic acids is 3. The van der Waals surface area contributed by atoms with Crippen LogP contribution in [0.3, 0.4) is 0 Å². The van der Waals surface area contributed by atoms with Crippen molar-refractivity contribution < 1.29 is 88.7 Å². The van der Waals surface area contributed by atoms with Gasteiger partial charge in [0.1, 0.15) is 36.6 Å². The van der Waals surface area contributed by atoms with E-state index in [4.69, 9.17) is 40.0 Å². The summed E-state index contributed by atoms with van der Waals surface area (Å²) in [6.45, 7) is 5.74. The molecule has 0 bridgehead atoms. The number of nitrogens with two attached hydrogens (primary N) is 1. The molecular weight excluding hydrogens is 1010 g/mol. The van der Waals surface area contributed by atoms with Gasteiger partial charge < -0.3 is 66.4 Å². The summed E-state index contributed by atoms with van der Waals surface area (Å²) in [5.41, 5.74) is 5.09. The minimum atomic E-state index is -1.23. The second-order valence-corrected chi connectivity index (χ2v) is 19.1. The first-order chi connectivity index (χ1) is 35.8. The molecule has 0 heterocycles. The predicted octanol–water partition coefficient (Wildman–Crippen LogP) is 3.86. The van der Waals surface area contributed by atoms with Crippen molar-refractivity contribution in [2.45, 2.75) is 169 Å². The lowest BCUT2D eigenvalue weighted by molar-refractivity contribution is -0.145. The monoisotopic (exact) mass is 1110 g/mol. The Morgan fingerprint density at radius 1 is 0.566 bits per heavy atom. The standard InChI is InChI=1S/C47H82N4O17S.C4H9NO.CH4.H2/c1-2-36(40(54)30-37(31-52)46(61)62)34-69-35-44(58)49-22-21-48-42(56)32-68-29-27-66-25-23-50-43(57)33-67-28-26-65-24-15-16-38(53)19-20-39(47(63)64)51-41(55)17-13-11-9-7-5-3-4-6-8-10-12-14-18-45(59)60;1-3(5)4(2)6;;/h36-37,39,52H,2-35H2,1H3,(H,48,56)(H,49,58)(H,50,57)(H,51,55)(H,59,60)(H,61,62)(H,63,64);3H,5H2,1-2H3;1H4;1H/t36-,37-,39-;3-;;/m00../s1. The zero-order valence-corrected chi connectivity index (χ0v) is 45.7. The van der Waals surface area contributed by atoms with E-state index in [-0.39, 0.29) is 173 Å². The zero-order chi connectivity index (χ0) is 56.5. The van der Waals surface area contributed by atoms with Gasteiger partial charge in [-0.2, -0.15) is 11.8 Å². The number of amides is 4. The number of hydrogen-bond acceptors (Lipinski definition) is 17. The average Bonchev–Trinajstić information content (AvgIpc) is 3.36. The highest BCUT2D eigenvalue weighted by Gasteiger charge is 2.25. The van der Waals surface area contributed by atoms with Gasteiger partial charge in [0, 0.05) is 71.4 Å². The van der Waals surface area contributed by atoms with Crippen molar-refractivity contribution in [1.82, 2.24) is 21.3 Å². The molecule has 0 aliphatic carbocycles. The van der Waals surface area contributed by atoms with Crippen molar-refractivity contribution in [3.05, 3.63) is 0 Å². The summed E-state index contributed by atoms with van der Waals surface area (Å²) in [7, 11) is 0. The third-order valence-corrected chi connectivity index (χ3v) is 12.4. The third-order valence-electron chi connectivity index (χ3n) is 11.3. The number of ketones is 3. The van der Waals surface area contributed by atoms with E-state index >= 15 is 0 Å². The Labute approximate surface area is 456 Å². The van der Waals surface area contributed by atoms with Gasteiger partial charge in [0.2, 0.25) is 23.6 Å². The van der Waals surface area contributed by atoms with E-state index in [1.807, 2.05) is 0 Å². The van der Waals surface area contributed by atoms with Crippen molar-refractivity contribution in [2.75, 3.05) is 90.6 Å². The normalized spacial score (nSPS) is 12.3. The maximum absolute atomic E-state index is 12.3. The Bertz CT molecular complexity index is 1630. The van der Waals surface area contributed by atoms with Crippen LogP contribution in [-0.2, 0) is 66.9 Å². The van der Waals surface area contributed by atoms with Gasteiger partial charge in [-0.15, -0.1) is 0 Å². The van der Waals surface area contributed by atoms with Gasteiger partial charge in [-0.3, -0.25) is 43.2 Å². The van der Waals surface area contributed by atoms with Crippen LogP contribution in [0.2, 0.25) is 0 Å². The first-order valence-electron chi connectivity index (χ1n) is 26.4. The topological polar surface area (TPSA) is 363 Å². The molecule has 444 valence electrons. The molecule has 0 rings (SSSR count). The molecule has 0 aliphatic rings. The van der Waals surface area contributed by atoms with E-state index in [9.17, 15) is 53.1 Å². The van der Waals surface area contributed by atoms with Crippen molar-refractivity contribution in [2.24, 2.45) is 17.6 Å². The lowest BCUT2D eigenvalue weighted by atomic mass is 9.94. The molecule has 0 aliphatic heterocycles. The number of carbonyl (C=O) groups excluding carboxylic acids is 7. The number of nitrogens with one attached hydrogen (secondary N) is 4. The molecule has 0 saturated heterocycles. The second kappa shape index (κ2) is 52.5. The van der Waals surface area contributed by atoms with E-state index in [1.54, 1.807) is 13.8 Å². The molecule has 4 atom stereocenters. The summed E-state index contributed by atoms with van der Waals surface area (Å²) in [6.07, 6.45) is 13.6. The molecule has 0 spiro atoms. The third kappa shape index (κ3) is 50.2. The fourth-order valence-electron chi connectivity index (χ4n) is 6.62. The molecule has 0 aromatic heterocycles. The number of Topliss-reactive ketones (excluding diaryl/α,β-unsaturated/α-hetero) is 3. The number of carbonyl (C=O) groups is 10. The van der Waals surface area contributed by atoms with E-state index in [0.29, 0.717) is 25.0 Å². The number of thioether (sulfide) groups is 1. The Morgan fingerprint density at radius 3 is 1.51 bits per heavy atom. The van der Waals surface area contributed by atoms with Gasteiger partial charge in [-0.25, -0.2) is 4.79 Å². The predicted molar refractivity (Wildman–Crippen MR) is 290 cm³/mol. The van der Waals surface area contributed by atoms with Gasteiger partial charge in [-0.1, -0.05) is 78.6 Å². The van der Waals surface area contributed by atoms with Gasteiger partial charge >= 0.3 is 17.9 Å². The summed E-state index contributed by atoms with van der Waals surface area (Å²) >= 11 is 1.24. The fraction of sp³-hybridized carbons (Fsp3) is 0.808. The summed E-state index contributed by atoms with van der Waals surface area (Å²) in [5, 5.41) is 46.8. The Hall–Kier alpha value is -4.59. The van der Waals surface area contributed by atoms with Crippen LogP contribution in [0.5, 0.6) is 0 Å². The number of aliphatic hydroxyl groups excluding tert-OH is 1. The Balaban J connectivity index is -0.00000313. The smallest absolute Gasteiger partial charge is 0.326 e. The minimum Gasteiger partial charge on any atom is -0.481 e. The highest BCUT2D eigenvalue weighted by Crippen LogP contribution is 2.18. The van der Waals surface area contributed by atoms with E-state index in [0.717, 1.165) is 57.8 Å². The Kier molecular flexibility index (Phi) is 52.2. The lowest BCUT2D eigenvalue weighted by Crippen LogP contribution is -2.41. The van der Waals surface area contributed by atoms with Crippen LogP contribution < -0.4 is 27.0 Å². The Morgan fingerprint density at radius 2 is 1.04 bits per heavy atom. The number of carboxylic acid groups (broad SMARTS) is 3. The molecule has 10 N–H and O–H groups in total. The fourth-order valence-corrected chi connectivity index (χ4v) is 7.73. The van der Waals surface area contributed by atoms with Crippen molar-refractivity contribution in [3.8, 4) is 0 Å². The molecule has 0 fully saturated rings. The highest BCUT2D eigenvalue weighted by molar-refractivity contribution is 7.99. The van der Waals surface area contributed by atoms with Crippen LogP contribution in [0.4, 0.5) is 0 Å². The molecule has 0 aromatic rings. The van der Waals surface area contributed by atoms with Gasteiger partial charge in [0.25, 0.3) is 0 Å². The van der Waals surface area contributed by atoms with Crippen molar-refractivity contribution >= 4 is 70.6 Å². The molecule has 76 heavy (non-hydrogen) atoms. The van der Waals surface area contributed by atoms with Crippen LogP contribution in [-0.4, -0.2) is 182 Å². The number of carboxylic acids is 3. The number of rotatable bonds is 51. The van der Waals surface area contributed by atoms with Crippen LogP contribution in [0.25, 0.3) is 0 Å². The highest BCUT2D eigenvalue weighted by atomic mass is 32.2. The lowest BCUT2D eigenvalue weighted by Gasteiger charge is -2.15. The molecule has 24 heteroatoms. The van der Waals surface area contributed by atoms with Crippen molar-refractivity contribution in [3.63, 3.8) is 0 Å². The summed E-state index contributed by atoms with van der Waals surface area (Å²) < 4.78 is 21.4. The zero-order valence-electron chi connectivity index (χ0n) is 44.8. The maximum atomic E-state index is 12.3. The van der Waals surface area contributed by atoms with Crippen LogP contribution in [0, 0.1) is 11.8 Å². The van der Waals surface area contributed by atoms with E-state index in [1.165, 1.54) is 31.5 Å². The molecule has 0 radical (unpaired) electrons. The summed E-state index contributed by atoms with van der Waals surface area (Å²) in [6, 6.07) is -1.41.